The second-order valence-electron chi connectivity index (χ2n) is 4.81. The number of aryl methyl sites for hydroxylation is 2. The molecule has 0 saturated carbocycles. The molecule has 1 atom stereocenters. The number of nitrogens with zero attached hydrogens (tertiary/aromatic N) is 3. The predicted octanol–water partition coefficient (Wildman–Crippen LogP) is 2.88. The highest BCUT2D eigenvalue weighted by Crippen LogP contribution is 2.23. The molecule has 5 heteroatoms. The molecule has 2 aromatic heterocycles. The van der Waals surface area contributed by atoms with E-state index in [4.69, 9.17) is 0 Å². The highest BCUT2D eigenvalue weighted by atomic mass is 79.9. The van der Waals surface area contributed by atoms with Gasteiger partial charge in [0.25, 0.3) is 0 Å². The van der Waals surface area contributed by atoms with E-state index in [2.05, 4.69) is 63.2 Å². The number of hydrogen-bond donors (Lipinski definition) is 1. The van der Waals surface area contributed by atoms with Crippen molar-refractivity contribution in [3.63, 3.8) is 0 Å². The van der Waals surface area contributed by atoms with Gasteiger partial charge < -0.3 is 9.88 Å². The molecular weight excluding hydrogens is 304 g/mol. The normalized spacial score (nSPS) is 12.9. The Balaban J connectivity index is 2.22. The van der Waals surface area contributed by atoms with Crippen molar-refractivity contribution >= 4 is 15.9 Å². The van der Waals surface area contributed by atoms with E-state index in [-0.39, 0.29) is 0 Å². The molecular formula is C14H21BrN4. The van der Waals surface area contributed by atoms with Gasteiger partial charge in [0.15, 0.2) is 0 Å². The lowest BCUT2D eigenvalue weighted by molar-refractivity contribution is 0.640. The molecule has 0 radical (unpaired) electrons. The van der Waals surface area contributed by atoms with E-state index < -0.39 is 0 Å². The molecule has 0 aliphatic carbocycles. The molecule has 1 unspecified atom stereocenters. The van der Waals surface area contributed by atoms with Gasteiger partial charge in [0, 0.05) is 25.5 Å². The molecule has 0 spiro atoms. The molecule has 0 aliphatic rings. The molecule has 4 nitrogen and oxygen atoms in total. The van der Waals surface area contributed by atoms with E-state index in [0.29, 0.717) is 6.04 Å². The van der Waals surface area contributed by atoms with Gasteiger partial charge in [0.05, 0.1) is 22.4 Å². The Morgan fingerprint density at radius 3 is 2.79 bits per heavy atom. The molecule has 0 fully saturated rings. The molecule has 19 heavy (non-hydrogen) atoms. The van der Waals surface area contributed by atoms with Crippen molar-refractivity contribution in [3.8, 4) is 0 Å². The molecule has 2 rings (SSSR count). The fourth-order valence-corrected chi connectivity index (χ4v) is 2.89. The van der Waals surface area contributed by atoms with Gasteiger partial charge >= 0.3 is 0 Å². The zero-order valence-corrected chi connectivity index (χ0v) is 13.5. The van der Waals surface area contributed by atoms with Gasteiger partial charge in [-0.2, -0.15) is 5.10 Å². The molecule has 0 bridgehead atoms. The molecule has 0 aromatic carbocycles. The Kier molecular flexibility index (Phi) is 4.47. The Labute approximate surface area is 122 Å². The summed E-state index contributed by atoms with van der Waals surface area (Å²) >= 11 is 3.66. The summed E-state index contributed by atoms with van der Waals surface area (Å²) in [5.41, 5.74) is 3.63. The monoisotopic (exact) mass is 324 g/mol. The largest absolute Gasteiger partial charge is 0.348 e. The lowest BCUT2D eigenvalue weighted by Crippen LogP contribution is -2.11. The lowest BCUT2D eigenvalue weighted by atomic mass is 10.2. The third-order valence-electron chi connectivity index (χ3n) is 3.54. The van der Waals surface area contributed by atoms with Crippen LogP contribution in [-0.4, -0.2) is 21.4 Å². The van der Waals surface area contributed by atoms with Crippen molar-refractivity contribution in [3.05, 3.63) is 39.9 Å². The minimum absolute atomic E-state index is 0.377. The zero-order chi connectivity index (χ0) is 14.0. The number of rotatable bonds is 5. The highest BCUT2D eigenvalue weighted by molar-refractivity contribution is 9.10. The average Bonchev–Trinajstić information content (AvgIpc) is 2.98. The summed E-state index contributed by atoms with van der Waals surface area (Å²) < 4.78 is 5.29. The molecule has 2 heterocycles. The first-order chi connectivity index (χ1) is 9.06. The lowest BCUT2D eigenvalue weighted by Gasteiger charge is -2.08. The number of nitrogens with one attached hydrogen (secondary N) is 1. The smallest absolute Gasteiger partial charge is 0.0767 e. The van der Waals surface area contributed by atoms with Crippen molar-refractivity contribution in [2.45, 2.75) is 32.9 Å². The number of hydrogen-bond acceptors (Lipinski definition) is 2. The van der Waals surface area contributed by atoms with Gasteiger partial charge in [-0.3, -0.25) is 4.68 Å². The summed E-state index contributed by atoms with van der Waals surface area (Å²) in [5.74, 6) is 0. The third kappa shape index (κ3) is 2.92. The highest BCUT2D eigenvalue weighted by Gasteiger charge is 2.13. The van der Waals surface area contributed by atoms with Crippen LogP contribution in [0.2, 0.25) is 0 Å². The van der Waals surface area contributed by atoms with Crippen LogP contribution in [0.15, 0.2) is 22.9 Å². The van der Waals surface area contributed by atoms with Crippen LogP contribution in [-0.2, 0) is 20.0 Å². The molecule has 0 amide bonds. The van der Waals surface area contributed by atoms with Crippen LogP contribution in [0.1, 0.15) is 36.8 Å². The van der Waals surface area contributed by atoms with Crippen LogP contribution >= 0.6 is 15.9 Å². The minimum Gasteiger partial charge on any atom is -0.348 e. The summed E-state index contributed by atoms with van der Waals surface area (Å²) in [6.45, 7) is 5.12. The van der Waals surface area contributed by atoms with Gasteiger partial charge in [-0.1, -0.05) is 6.92 Å². The van der Waals surface area contributed by atoms with Crippen molar-refractivity contribution in [1.82, 2.24) is 19.7 Å². The quantitative estimate of drug-likeness (QED) is 0.917. The summed E-state index contributed by atoms with van der Waals surface area (Å²) in [7, 11) is 3.98. The Morgan fingerprint density at radius 2 is 2.21 bits per heavy atom. The molecule has 0 aliphatic heterocycles. The van der Waals surface area contributed by atoms with Gasteiger partial charge in [0.2, 0.25) is 0 Å². The van der Waals surface area contributed by atoms with Gasteiger partial charge in [-0.05, 0) is 48.0 Å². The second-order valence-corrected chi connectivity index (χ2v) is 5.61. The number of halogens is 1. The Bertz CT molecular complexity index is 556. The third-order valence-corrected chi connectivity index (χ3v) is 4.46. The van der Waals surface area contributed by atoms with Crippen molar-refractivity contribution in [1.29, 1.82) is 0 Å². The molecule has 104 valence electrons. The van der Waals surface area contributed by atoms with Crippen molar-refractivity contribution < 1.29 is 0 Å². The van der Waals surface area contributed by atoms with Crippen LogP contribution in [0.4, 0.5) is 0 Å². The van der Waals surface area contributed by atoms with E-state index in [1.54, 1.807) is 0 Å². The average molecular weight is 325 g/mol. The van der Waals surface area contributed by atoms with Crippen LogP contribution in [0, 0.1) is 0 Å². The standard InChI is InChI=1S/C14H21BrN4/c1-5-12-14(15)13(18(4)17-12)9-19-7-6-11(8-19)10(2)16-3/h6-8,10,16H,5,9H2,1-4H3. The van der Waals surface area contributed by atoms with E-state index in [9.17, 15) is 0 Å². The first-order valence-corrected chi connectivity index (χ1v) is 7.39. The first kappa shape index (κ1) is 14.3. The van der Waals surface area contributed by atoms with Gasteiger partial charge in [-0.25, -0.2) is 0 Å². The predicted molar refractivity (Wildman–Crippen MR) is 81.3 cm³/mol. The number of aromatic nitrogens is 3. The fourth-order valence-electron chi connectivity index (χ4n) is 2.15. The Hall–Kier alpha value is -1.07. The summed E-state index contributed by atoms with van der Waals surface area (Å²) in [5, 5.41) is 7.78. The molecule has 1 N–H and O–H groups in total. The maximum Gasteiger partial charge on any atom is 0.0767 e. The maximum atomic E-state index is 4.53. The van der Waals surface area contributed by atoms with E-state index >= 15 is 0 Å². The van der Waals surface area contributed by atoms with Gasteiger partial charge in [-0.15, -0.1) is 0 Å². The summed E-state index contributed by atoms with van der Waals surface area (Å²) in [6.07, 6.45) is 5.25. The van der Waals surface area contributed by atoms with Gasteiger partial charge in [0.1, 0.15) is 0 Å². The fraction of sp³-hybridized carbons (Fsp3) is 0.500. The van der Waals surface area contributed by atoms with Crippen LogP contribution in [0.5, 0.6) is 0 Å². The van der Waals surface area contributed by atoms with E-state index in [1.165, 1.54) is 11.3 Å². The minimum atomic E-state index is 0.377. The SMILES string of the molecule is CCc1nn(C)c(Cn2ccc(C(C)NC)c2)c1Br. The molecule has 2 aromatic rings. The van der Waals surface area contributed by atoms with Crippen LogP contribution < -0.4 is 5.32 Å². The van der Waals surface area contributed by atoms with E-state index in [1.807, 2.05) is 18.8 Å². The maximum absolute atomic E-state index is 4.53. The van der Waals surface area contributed by atoms with Crippen LogP contribution in [0.25, 0.3) is 0 Å². The zero-order valence-electron chi connectivity index (χ0n) is 11.9. The Morgan fingerprint density at radius 1 is 1.47 bits per heavy atom. The summed E-state index contributed by atoms with van der Waals surface area (Å²) in [4.78, 5) is 0. The molecule has 0 saturated heterocycles. The topological polar surface area (TPSA) is 34.8 Å². The van der Waals surface area contributed by atoms with Crippen molar-refractivity contribution in [2.24, 2.45) is 7.05 Å². The first-order valence-electron chi connectivity index (χ1n) is 6.60. The second kappa shape index (κ2) is 5.92. The van der Waals surface area contributed by atoms with Crippen LogP contribution in [0.3, 0.4) is 0 Å². The summed E-state index contributed by atoms with van der Waals surface area (Å²) in [6, 6.07) is 2.54. The van der Waals surface area contributed by atoms with E-state index in [0.717, 1.165) is 23.1 Å². The van der Waals surface area contributed by atoms with Crippen molar-refractivity contribution in [2.75, 3.05) is 7.05 Å².